The van der Waals surface area contributed by atoms with Gasteiger partial charge < -0.3 is 9.64 Å². The van der Waals surface area contributed by atoms with E-state index in [1.54, 1.807) is 24.0 Å². The van der Waals surface area contributed by atoms with Crippen LogP contribution in [0.2, 0.25) is 0 Å². The predicted octanol–water partition coefficient (Wildman–Crippen LogP) is 3.01. The van der Waals surface area contributed by atoms with Crippen LogP contribution in [-0.2, 0) is 31.1 Å². The van der Waals surface area contributed by atoms with Gasteiger partial charge in [-0.1, -0.05) is 36.4 Å². The molecule has 1 atom stereocenters. The number of carbonyl (C=O) groups excluding carboxylic acids is 3. The molecule has 36 heavy (non-hydrogen) atoms. The number of nitrogens with zero attached hydrogens (tertiary/aromatic N) is 4. The number of amides is 3. The molecule has 0 bridgehead atoms. The molecule has 1 aromatic heterocycles. The quantitative estimate of drug-likeness (QED) is 0.429. The van der Waals surface area contributed by atoms with E-state index < -0.39 is 23.0 Å². The maximum absolute atomic E-state index is 14.9. The molecule has 0 saturated carbocycles. The van der Waals surface area contributed by atoms with Crippen molar-refractivity contribution in [2.24, 2.45) is 0 Å². The monoisotopic (exact) mass is 492 g/mol. The summed E-state index contributed by atoms with van der Waals surface area (Å²) in [6, 6.07) is 13.6. The zero-order chi connectivity index (χ0) is 25.9. The summed E-state index contributed by atoms with van der Waals surface area (Å²) in [7, 11) is 3.08. The van der Waals surface area contributed by atoms with E-state index in [0.717, 1.165) is 21.7 Å². The third kappa shape index (κ3) is 4.79. The number of aryl methyl sites for hydroxylation is 1. The number of benzene rings is 2. The molecule has 2 heterocycles. The average molecular weight is 493 g/mol. The number of rotatable bonds is 9. The minimum atomic E-state index is -1.60. The standard InChI is InChI=1S/C27H29FN4O4/c1-19-8-4-7-11-23(19)32-18-20(16-29-32)17-30(2)24(33)14-27(21-9-5-6-10-22(21)28)15-25(34)31(26(27)35)12-13-36-3/h4-11,16,18H,12-15,17H2,1-3H3. The molecule has 1 fully saturated rings. The minimum absolute atomic E-state index is 0.0481. The highest BCUT2D eigenvalue weighted by Gasteiger charge is 2.54. The lowest BCUT2D eigenvalue weighted by atomic mass is 9.75. The smallest absolute Gasteiger partial charge is 0.241 e. The molecular weight excluding hydrogens is 463 g/mol. The van der Waals surface area contributed by atoms with Gasteiger partial charge in [-0.25, -0.2) is 9.07 Å². The molecular formula is C27H29FN4O4. The second-order valence-corrected chi connectivity index (χ2v) is 9.09. The summed E-state index contributed by atoms with van der Waals surface area (Å²) in [6.07, 6.45) is 2.92. The van der Waals surface area contributed by atoms with E-state index in [-0.39, 0.29) is 44.0 Å². The van der Waals surface area contributed by atoms with Crippen molar-refractivity contribution in [2.75, 3.05) is 27.3 Å². The molecule has 1 aliphatic heterocycles. The highest BCUT2D eigenvalue weighted by atomic mass is 19.1. The lowest BCUT2D eigenvalue weighted by molar-refractivity contribution is -0.143. The average Bonchev–Trinajstić information content (AvgIpc) is 3.40. The fourth-order valence-corrected chi connectivity index (χ4v) is 4.65. The van der Waals surface area contributed by atoms with Crippen LogP contribution in [0.25, 0.3) is 5.69 Å². The molecule has 1 aliphatic rings. The summed E-state index contributed by atoms with van der Waals surface area (Å²) in [4.78, 5) is 42.2. The van der Waals surface area contributed by atoms with Crippen LogP contribution in [0.15, 0.2) is 60.9 Å². The Balaban J connectivity index is 1.57. The highest BCUT2D eigenvalue weighted by Crippen LogP contribution is 2.41. The molecule has 3 amide bonds. The zero-order valence-electron chi connectivity index (χ0n) is 20.6. The molecule has 188 valence electrons. The molecule has 1 saturated heterocycles. The van der Waals surface area contributed by atoms with E-state index >= 15 is 0 Å². The van der Waals surface area contributed by atoms with E-state index in [1.807, 2.05) is 37.4 Å². The molecule has 0 N–H and O–H groups in total. The van der Waals surface area contributed by atoms with Crippen molar-refractivity contribution in [3.05, 3.63) is 83.4 Å². The molecule has 1 unspecified atom stereocenters. The van der Waals surface area contributed by atoms with E-state index in [0.29, 0.717) is 0 Å². The molecule has 0 radical (unpaired) electrons. The van der Waals surface area contributed by atoms with Gasteiger partial charge in [0.05, 0.1) is 30.5 Å². The van der Waals surface area contributed by atoms with Crippen molar-refractivity contribution in [1.29, 1.82) is 0 Å². The first kappa shape index (κ1) is 25.2. The third-order valence-electron chi connectivity index (χ3n) is 6.61. The summed E-state index contributed by atoms with van der Waals surface area (Å²) < 4.78 is 21.7. The number of para-hydroxylation sites is 1. The molecule has 4 rings (SSSR count). The zero-order valence-corrected chi connectivity index (χ0v) is 20.6. The van der Waals surface area contributed by atoms with Gasteiger partial charge in [0.2, 0.25) is 17.7 Å². The van der Waals surface area contributed by atoms with Crippen molar-refractivity contribution < 1.29 is 23.5 Å². The first-order valence-electron chi connectivity index (χ1n) is 11.7. The van der Waals surface area contributed by atoms with Crippen LogP contribution in [0.4, 0.5) is 4.39 Å². The third-order valence-corrected chi connectivity index (χ3v) is 6.61. The van der Waals surface area contributed by atoms with Crippen LogP contribution < -0.4 is 0 Å². The second kappa shape index (κ2) is 10.4. The van der Waals surface area contributed by atoms with Crippen molar-refractivity contribution in [2.45, 2.75) is 31.7 Å². The number of likely N-dealkylation sites (tertiary alicyclic amines) is 1. The van der Waals surface area contributed by atoms with Crippen molar-refractivity contribution >= 4 is 17.7 Å². The molecule has 2 aromatic carbocycles. The number of hydrogen-bond donors (Lipinski definition) is 0. The van der Waals surface area contributed by atoms with E-state index in [4.69, 9.17) is 4.74 Å². The lowest BCUT2D eigenvalue weighted by Crippen LogP contribution is -2.43. The van der Waals surface area contributed by atoms with Gasteiger partial charge >= 0.3 is 0 Å². The fourth-order valence-electron chi connectivity index (χ4n) is 4.65. The summed E-state index contributed by atoms with van der Waals surface area (Å²) in [5.74, 6) is -2.03. The van der Waals surface area contributed by atoms with Crippen LogP contribution in [-0.4, -0.2) is 64.6 Å². The Labute approximate surface area is 209 Å². The Morgan fingerprint density at radius 3 is 2.61 bits per heavy atom. The number of halogens is 1. The van der Waals surface area contributed by atoms with Crippen molar-refractivity contribution in [1.82, 2.24) is 19.6 Å². The van der Waals surface area contributed by atoms with E-state index in [1.165, 1.54) is 30.2 Å². The van der Waals surface area contributed by atoms with E-state index in [2.05, 4.69) is 5.10 Å². The van der Waals surface area contributed by atoms with Crippen LogP contribution in [0.3, 0.4) is 0 Å². The topological polar surface area (TPSA) is 84.7 Å². The normalized spacial score (nSPS) is 17.6. The van der Waals surface area contributed by atoms with Gasteiger partial charge in [0.1, 0.15) is 5.82 Å². The summed E-state index contributed by atoms with van der Waals surface area (Å²) in [5.41, 5.74) is 1.24. The second-order valence-electron chi connectivity index (χ2n) is 9.09. The minimum Gasteiger partial charge on any atom is -0.383 e. The molecule has 8 nitrogen and oxygen atoms in total. The van der Waals surface area contributed by atoms with Crippen molar-refractivity contribution in [3.63, 3.8) is 0 Å². The van der Waals surface area contributed by atoms with E-state index in [9.17, 15) is 18.8 Å². The Kier molecular flexibility index (Phi) is 7.30. The SMILES string of the molecule is COCCN1C(=O)CC(CC(=O)N(C)Cc2cnn(-c3ccccc3C)c2)(c2ccccc2F)C1=O. The van der Waals surface area contributed by atoms with Crippen LogP contribution in [0.5, 0.6) is 0 Å². The van der Waals surface area contributed by atoms with Gasteiger partial charge in [0, 0.05) is 50.9 Å². The number of methoxy groups -OCH3 is 1. The molecule has 0 aliphatic carbocycles. The van der Waals surface area contributed by atoms with Crippen molar-refractivity contribution in [3.8, 4) is 5.69 Å². The number of carbonyl (C=O) groups is 3. The van der Waals surface area contributed by atoms with Gasteiger partial charge in [-0.2, -0.15) is 5.10 Å². The maximum Gasteiger partial charge on any atom is 0.241 e. The summed E-state index contributed by atoms with van der Waals surface area (Å²) in [5, 5.41) is 4.41. The Morgan fingerprint density at radius 1 is 1.17 bits per heavy atom. The van der Waals surface area contributed by atoms with Crippen LogP contribution in [0.1, 0.15) is 29.5 Å². The summed E-state index contributed by atoms with van der Waals surface area (Å²) in [6.45, 7) is 2.44. The number of hydrogen-bond acceptors (Lipinski definition) is 5. The first-order valence-corrected chi connectivity index (χ1v) is 11.7. The van der Waals surface area contributed by atoms with Crippen LogP contribution in [0, 0.1) is 12.7 Å². The Hall–Kier alpha value is -3.85. The lowest BCUT2D eigenvalue weighted by Gasteiger charge is -2.29. The predicted molar refractivity (Wildman–Crippen MR) is 131 cm³/mol. The molecule has 3 aromatic rings. The Bertz CT molecular complexity index is 1290. The van der Waals surface area contributed by atoms with Gasteiger partial charge in [-0.05, 0) is 24.6 Å². The van der Waals surface area contributed by atoms with Crippen LogP contribution >= 0.6 is 0 Å². The number of ether oxygens (including phenoxy) is 1. The van der Waals surface area contributed by atoms with Gasteiger partial charge in [-0.3, -0.25) is 19.3 Å². The number of aromatic nitrogens is 2. The number of imide groups is 1. The van der Waals surface area contributed by atoms with Gasteiger partial charge in [-0.15, -0.1) is 0 Å². The molecule has 9 heteroatoms. The largest absolute Gasteiger partial charge is 0.383 e. The summed E-state index contributed by atoms with van der Waals surface area (Å²) >= 11 is 0. The van der Waals surface area contributed by atoms with Gasteiger partial charge in [0.15, 0.2) is 0 Å². The highest BCUT2D eigenvalue weighted by molar-refractivity contribution is 6.10. The fraction of sp³-hybridized carbons (Fsp3) is 0.333. The Morgan fingerprint density at radius 2 is 1.89 bits per heavy atom. The first-order chi connectivity index (χ1) is 17.3. The molecule has 0 spiro atoms. The maximum atomic E-state index is 14.9. The van der Waals surface area contributed by atoms with Gasteiger partial charge in [0.25, 0.3) is 0 Å².